The van der Waals surface area contributed by atoms with Crippen LogP contribution in [0, 0.1) is 11.6 Å². The number of nitrogen functional groups attached to an aromatic ring is 1. The summed E-state index contributed by atoms with van der Waals surface area (Å²) in [4.78, 5) is 11.4. The molecule has 0 fully saturated rings. The number of carbonyl (C=O) groups excluding carboxylic acids is 1. The number of nitrogens with one attached hydrogen (secondary N) is 2. The van der Waals surface area contributed by atoms with Crippen molar-refractivity contribution < 1.29 is 13.6 Å². The summed E-state index contributed by atoms with van der Waals surface area (Å²) < 4.78 is 26.2. The molecule has 20 heavy (non-hydrogen) atoms. The molecular formula is C14H13F2N3O. The molecule has 0 bridgehead atoms. The van der Waals surface area contributed by atoms with Crippen LogP contribution in [0.5, 0.6) is 0 Å². The highest BCUT2D eigenvalue weighted by atomic mass is 19.1. The minimum Gasteiger partial charge on any atom is -0.397 e. The lowest BCUT2D eigenvalue weighted by atomic mass is 10.1. The summed E-state index contributed by atoms with van der Waals surface area (Å²) in [5, 5.41) is 5.28. The Hall–Kier alpha value is -2.63. The van der Waals surface area contributed by atoms with E-state index in [2.05, 4.69) is 10.6 Å². The lowest BCUT2D eigenvalue weighted by Crippen LogP contribution is -2.17. The minimum absolute atomic E-state index is 0.238. The van der Waals surface area contributed by atoms with Gasteiger partial charge in [-0.1, -0.05) is 0 Å². The second-order valence-corrected chi connectivity index (χ2v) is 4.16. The summed E-state index contributed by atoms with van der Waals surface area (Å²) >= 11 is 0. The summed E-state index contributed by atoms with van der Waals surface area (Å²) in [5.41, 5.74) is 7.21. The third-order valence-corrected chi connectivity index (χ3v) is 2.68. The maximum atomic E-state index is 13.1. The average molecular weight is 277 g/mol. The number of anilines is 3. The van der Waals surface area contributed by atoms with E-state index in [0.717, 1.165) is 18.2 Å². The first-order valence-corrected chi connectivity index (χ1v) is 5.84. The van der Waals surface area contributed by atoms with Gasteiger partial charge in [0.15, 0.2) is 0 Å². The zero-order valence-corrected chi connectivity index (χ0v) is 10.7. The van der Waals surface area contributed by atoms with Gasteiger partial charge in [0.05, 0.1) is 11.4 Å². The predicted molar refractivity (Wildman–Crippen MR) is 73.9 cm³/mol. The molecule has 6 heteroatoms. The van der Waals surface area contributed by atoms with E-state index in [1.807, 2.05) is 0 Å². The molecule has 0 saturated heterocycles. The summed E-state index contributed by atoms with van der Waals surface area (Å²) in [5.74, 6) is -1.64. The van der Waals surface area contributed by atoms with Crippen LogP contribution in [0.1, 0.15) is 10.4 Å². The average Bonchev–Trinajstić information content (AvgIpc) is 2.39. The first-order chi connectivity index (χ1) is 9.49. The van der Waals surface area contributed by atoms with Gasteiger partial charge in [-0.15, -0.1) is 0 Å². The highest BCUT2D eigenvalue weighted by Crippen LogP contribution is 2.25. The molecule has 2 aromatic rings. The van der Waals surface area contributed by atoms with Crippen LogP contribution in [0.15, 0.2) is 36.4 Å². The minimum atomic E-state index is -0.687. The van der Waals surface area contributed by atoms with E-state index >= 15 is 0 Å². The SMILES string of the molecule is CNC(=O)c1ccc(Nc2cc(F)cc(F)c2)c(N)c1. The van der Waals surface area contributed by atoms with Crippen LogP contribution < -0.4 is 16.4 Å². The van der Waals surface area contributed by atoms with E-state index in [-0.39, 0.29) is 11.6 Å². The van der Waals surface area contributed by atoms with E-state index in [0.29, 0.717) is 16.9 Å². The van der Waals surface area contributed by atoms with Crippen molar-refractivity contribution in [2.24, 2.45) is 0 Å². The molecule has 0 spiro atoms. The predicted octanol–water partition coefficient (Wildman–Crippen LogP) is 2.65. The quantitative estimate of drug-likeness (QED) is 0.755. The van der Waals surface area contributed by atoms with E-state index in [4.69, 9.17) is 5.73 Å². The fraction of sp³-hybridized carbons (Fsp3) is 0.0714. The highest BCUT2D eigenvalue weighted by Gasteiger charge is 2.07. The molecule has 0 atom stereocenters. The van der Waals surface area contributed by atoms with Gasteiger partial charge >= 0.3 is 0 Å². The maximum Gasteiger partial charge on any atom is 0.251 e. The number of hydrogen-bond acceptors (Lipinski definition) is 3. The second-order valence-electron chi connectivity index (χ2n) is 4.16. The summed E-state index contributed by atoms with van der Waals surface area (Å²) in [6, 6.07) is 7.69. The van der Waals surface area contributed by atoms with Crippen LogP contribution in [0.4, 0.5) is 25.8 Å². The van der Waals surface area contributed by atoms with Crippen molar-refractivity contribution in [3.05, 3.63) is 53.6 Å². The Kier molecular flexibility index (Phi) is 3.84. The third kappa shape index (κ3) is 3.03. The van der Waals surface area contributed by atoms with Crippen LogP contribution in [0.25, 0.3) is 0 Å². The Bertz CT molecular complexity index is 639. The van der Waals surface area contributed by atoms with Gasteiger partial charge in [-0.2, -0.15) is 0 Å². The molecule has 0 aliphatic rings. The second kappa shape index (κ2) is 5.56. The van der Waals surface area contributed by atoms with Gasteiger partial charge in [-0.05, 0) is 30.3 Å². The van der Waals surface area contributed by atoms with Gasteiger partial charge in [0, 0.05) is 24.4 Å². The molecule has 1 amide bonds. The number of amides is 1. The van der Waals surface area contributed by atoms with Crippen LogP contribution in [0.3, 0.4) is 0 Å². The van der Waals surface area contributed by atoms with Crippen molar-refractivity contribution >= 4 is 23.0 Å². The lowest BCUT2D eigenvalue weighted by Gasteiger charge is -2.11. The van der Waals surface area contributed by atoms with E-state index < -0.39 is 11.6 Å². The molecule has 0 aliphatic heterocycles. The van der Waals surface area contributed by atoms with Gasteiger partial charge in [-0.25, -0.2) is 8.78 Å². The molecule has 4 N–H and O–H groups in total. The maximum absolute atomic E-state index is 13.1. The Balaban J connectivity index is 2.27. The van der Waals surface area contributed by atoms with Crippen molar-refractivity contribution in [2.45, 2.75) is 0 Å². The number of carbonyl (C=O) groups is 1. The number of nitrogens with two attached hydrogens (primary N) is 1. The zero-order valence-electron chi connectivity index (χ0n) is 10.7. The summed E-state index contributed by atoms with van der Waals surface area (Å²) in [7, 11) is 1.51. The van der Waals surface area contributed by atoms with Crippen molar-refractivity contribution in [2.75, 3.05) is 18.1 Å². The fourth-order valence-electron chi connectivity index (χ4n) is 1.74. The van der Waals surface area contributed by atoms with E-state index in [1.165, 1.54) is 13.1 Å². The van der Waals surface area contributed by atoms with E-state index in [1.54, 1.807) is 12.1 Å². The van der Waals surface area contributed by atoms with Crippen molar-refractivity contribution in [3.8, 4) is 0 Å². The number of benzene rings is 2. The van der Waals surface area contributed by atoms with Gasteiger partial charge in [0.25, 0.3) is 5.91 Å². The molecular weight excluding hydrogens is 264 g/mol. The molecule has 0 radical (unpaired) electrons. The lowest BCUT2D eigenvalue weighted by molar-refractivity contribution is 0.0963. The van der Waals surface area contributed by atoms with Crippen LogP contribution in [-0.4, -0.2) is 13.0 Å². The smallest absolute Gasteiger partial charge is 0.251 e. The molecule has 0 saturated carbocycles. The Morgan fingerprint density at radius 3 is 2.30 bits per heavy atom. The van der Waals surface area contributed by atoms with Crippen LogP contribution >= 0.6 is 0 Å². The molecule has 0 aliphatic carbocycles. The fourth-order valence-corrected chi connectivity index (χ4v) is 1.74. The van der Waals surface area contributed by atoms with Crippen molar-refractivity contribution in [3.63, 3.8) is 0 Å². The zero-order chi connectivity index (χ0) is 14.7. The van der Waals surface area contributed by atoms with Crippen LogP contribution in [-0.2, 0) is 0 Å². The summed E-state index contributed by atoms with van der Waals surface area (Å²) in [6.07, 6.45) is 0. The molecule has 0 aromatic heterocycles. The van der Waals surface area contributed by atoms with Crippen molar-refractivity contribution in [1.29, 1.82) is 0 Å². The number of rotatable bonds is 3. The highest BCUT2D eigenvalue weighted by molar-refractivity contribution is 5.96. The van der Waals surface area contributed by atoms with Gasteiger partial charge in [-0.3, -0.25) is 4.79 Å². The van der Waals surface area contributed by atoms with Gasteiger partial charge < -0.3 is 16.4 Å². The standard InChI is InChI=1S/C14H13F2N3O/c1-18-14(20)8-2-3-13(12(17)4-8)19-11-6-9(15)5-10(16)7-11/h2-7,19H,17H2,1H3,(H,18,20). The summed E-state index contributed by atoms with van der Waals surface area (Å²) in [6.45, 7) is 0. The monoisotopic (exact) mass is 277 g/mol. The molecule has 0 heterocycles. The Labute approximate surface area is 114 Å². The first kappa shape index (κ1) is 13.8. The normalized spacial score (nSPS) is 10.2. The van der Waals surface area contributed by atoms with E-state index in [9.17, 15) is 13.6 Å². The van der Waals surface area contributed by atoms with Crippen molar-refractivity contribution in [1.82, 2.24) is 5.32 Å². The molecule has 2 rings (SSSR count). The largest absolute Gasteiger partial charge is 0.397 e. The molecule has 0 unspecified atom stereocenters. The Morgan fingerprint density at radius 2 is 1.75 bits per heavy atom. The first-order valence-electron chi connectivity index (χ1n) is 5.84. The Morgan fingerprint density at radius 1 is 1.10 bits per heavy atom. The topological polar surface area (TPSA) is 67.2 Å². The molecule has 4 nitrogen and oxygen atoms in total. The van der Waals surface area contributed by atoms with Gasteiger partial charge in [0.1, 0.15) is 11.6 Å². The number of halogens is 2. The molecule has 2 aromatic carbocycles. The molecule has 104 valence electrons. The number of hydrogen-bond donors (Lipinski definition) is 3. The van der Waals surface area contributed by atoms with Gasteiger partial charge in [0.2, 0.25) is 0 Å². The van der Waals surface area contributed by atoms with Crippen LogP contribution in [0.2, 0.25) is 0 Å². The third-order valence-electron chi connectivity index (χ3n) is 2.68.